The Balaban J connectivity index is 1.54. The molecule has 3 amide bonds. The van der Waals surface area contributed by atoms with Crippen LogP contribution < -0.4 is 10.2 Å². The lowest BCUT2D eigenvalue weighted by atomic mass is 9.75. The van der Waals surface area contributed by atoms with Crippen LogP contribution in [0.4, 0.5) is 17.1 Å². The van der Waals surface area contributed by atoms with Gasteiger partial charge in [0, 0.05) is 28.9 Å². The van der Waals surface area contributed by atoms with Gasteiger partial charge in [-0.05, 0) is 45.4 Å². The van der Waals surface area contributed by atoms with Gasteiger partial charge < -0.3 is 5.32 Å². The van der Waals surface area contributed by atoms with E-state index in [0.717, 1.165) is 28.9 Å². The predicted molar refractivity (Wildman–Crippen MR) is 119 cm³/mol. The summed E-state index contributed by atoms with van der Waals surface area (Å²) in [5, 5.41) is 14.4. The van der Waals surface area contributed by atoms with E-state index in [1.165, 1.54) is 6.07 Å². The summed E-state index contributed by atoms with van der Waals surface area (Å²) < 4.78 is 0. The van der Waals surface area contributed by atoms with Crippen LogP contribution in [-0.2, 0) is 19.9 Å². The fourth-order valence-corrected chi connectivity index (χ4v) is 6.50. The van der Waals surface area contributed by atoms with Gasteiger partial charge in [-0.2, -0.15) is 0 Å². The fraction of sp³-hybridized carbons (Fsp3) is 0.375. The maximum atomic E-state index is 13.9. The average molecular weight is 446 g/mol. The van der Waals surface area contributed by atoms with Gasteiger partial charge in [0.05, 0.1) is 22.4 Å². The third kappa shape index (κ3) is 2.32. The van der Waals surface area contributed by atoms with E-state index in [-0.39, 0.29) is 29.2 Å². The van der Waals surface area contributed by atoms with Gasteiger partial charge in [0.15, 0.2) is 0 Å². The second kappa shape index (κ2) is 6.48. The molecule has 3 saturated heterocycles. The van der Waals surface area contributed by atoms with Crippen LogP contribution in [0.3, 0.4) is 0 Å². The van der Waals surface area contributed by atoms with Crippen molar-refractivity contribution in [2.75, 3.05) is 16.8 Å². The Morgan fingerprint density at radius 3 is 2.64 bits per heavy atom. The standard InChI is InChI=1S/C24H22N4O5/c1-12-5-8-16-15(10-12)24(23(31)25-16)20-19(17-4-3-9-26(17)24)21(29)27(22(20)30)14-7-6-13(2)18(11-14)28(32)33/h5-8,10-11,17,19-20H,3-4,9H2,1-2H3,(H,25,31). The SMILES string of the molecule is Cc1ccc2c(c1)C1(C(=O)N2)C2C(=O)N(c3ccc(C)c([N+](=O)[O-])c3)C(=O)C2C2CCCN21. The first kappa shape index (κ1) is 20.0. The molecule has 1 spiro atoms. The van der Waals surface area contributed by atoms with Crippen LogP contribution in [0.1, 0.15) is 29.5 Å². The number of nitro groups is 1. The Labute approximate surface area is 189 Å². The molecule has 0 saturated carbocycles. The van der Waals surface area contributed by atoms with E-state index < -0.39 is 28.2 Å². The predicted octanol–water partition coefficient (Wildman–Crippen LogP) is 2.64. The molecule has 4 aliphatic heterocycles. The number of nitrogens with zero attached hydrogens (tertiary/aromatic N) is 3. The second-order valence-corrected chi connectivity index (χ2v) is 9.42. The molecular weight excluding hydrogens is 424 g/mol. The number of carbonyl (C=O) groups is 3. The van der Waals surface area contributed by atoms with Crippen molar-refractivity contribution >= 4 is 34.8 Å². The number of carbonyl (C=O) groups excluding carboxylic acids is 3. The van der Waals surface area contributed by atoms with Gasteiger partial charge in [-0.1, -0.05) is 23.8 Å². The highest BCUT2D eigenvalue weighted by Crippen LogP contribution is 2.60. The first-order valence-corrected chi connectivity index (χ1v) is 11.1. The molecule has 4 atom stereocenters. The van der Waals surface area contributed by atoms with Gasteiger partial charge in [0.1, 0.15) is 5.54 Å². The minimum Gasteiger partial charge on any atom is -0.324 e. The van der Waals surface area contributed by atoms with Crippen molar-refractivity contribution in [2.24, 2.45) is 11.8 Å². The Morgan fingerprint density at radius 2 is 1.88 bits per heavy atom. The molecule has 9 nitrogen and oxygen atoms in total. The number of imide groups is 1. The van der Waals surface area contributed by atoms with Crippen molar-refractivity contribution in [3.63, 3.8) is 0 Å². The van der Waals surface area contributed by atoms with Gasteiger partial charge in [0.25, 0.3) is 5.69 Å². The number of fused-ring (bicyclic) bond motifs is 7. The van der Waals surface area contributed by atoms with Crippen LogP contribution in [0.5, 0.6) is 0 Å². The molecule has 168 valence electrons. The largest absolute Gasteiger partial charge is 0.324 e. The van der Waals surface area contributed by atoms with Crippen LogP contribution in [0.25, 0.3) is 0 Å². The first-order valence-electron chi connectivity index (χ1n) is 11.1. The number of benzene rings is 2. The number of hydrogen-bond acceptors (Lipinski definition) is 6. The van der Waals surface area contributed by atoms with Crippen molar-refractivity contribution in [1.29, 1.82) is 0 Å². The van der Waals surface area contributed by atoms with E-state index in [4.69, 9.17) is 0 Å². The summed E-state index contributed by atoms with van der Waals surface area (Å²) in [6.07, 6.45) is 1.56. The van der Waals surface area contributed by atoms with E-state index >= 15 is 0 Å². The minimum absolute atomic E-state index is 0.151. The Bertz CT molecular complexity index is 1290. The van der Waals surface area contributed by atoms with Crippen LogP contribution in [0.15, 0.2) is 36.4 Å². The number of nitro benzene ring substituents is 1. The maximum absolute atomic E-state index is 13.9. The molecule has 0 bridgehead atoms. The summed E-state index contributed by atoms with van der Waals surface area (Å²) in [5.74, 6) is -2.68. The van der Waals surface area contributed by atoms with Crippen LogP contribution >= 0.6 is 0 Å². The highest BCUT2D eigenvalue weighted by Gasteiger charge is 2.74. The van der Waals surface area contributed by atoms with E-state index in [9.17, 15) is 24.5 Å². The third-order valence-electron chi connectivity index (χ3n) is 7.80. The molecule has 0 aliphatic carbocycles. The molecule has 0 aromatic heterocycles. The van der Waals surface area contributed by atoms with Crippen molar-refractivity contribution in [3.8, 4) is 0 Å². The lowest BCUT2D eigenvalue weighted by Crippen LogP contribution is -2.54. The zero-order chi connectivity index (χ0) is 23.2. The van der Waals surface area contributed by atoms with Crippen molar-refractivity contribution in [3.05, 3.63) is 63.2 Å². The zero-order valence-electron chi connectivity index (χ0n) is 18.2. The smallest absolute Gasteiger partial charge is 0.274 e. The van der Waals surface area contributed by atoms with Crippen LogP contribution in [0.2, 0.25) is 0 Å². The number of hydrogen-bond donors (Lipinski definition) is 1. The quantitative estimate of drug-likeness (QED) is 0.431. The molecule has 4 heterocycles. The van der Waals surface area contributed by atoms with Crippen LogP contribution in [0, 0.1) is 35.8 Å². The highest BCUT2D eigenvalue weighted by molar-refractivity contribution is 6.26. The molecule has 1 N–H and O–H groups in total. The van der Waals surface area contributed by atoms with E-state index in [1.807, 2.05) is 25.1 Å². The summed E-state index contributed by atoms with van der Waals surface area (Å²) >= 11 is 0. The van der Waals surface area contributed by atoms with E-state index in [0.29, 0.717) is 17.8 Å². The first-order chi connectivity index (χ1) is 15.8. The molecule has 4 aliphatic rings. The summed E-state index contributed by atoms with van der Waals surface area (Å²) in [6, 6.07) is 9.84. The van der Waals surface area contributed by atoms with Gasteiger partial charge in [-0.3, -0.25) is 29.4 Å². The normalized spacial score (nSPS) is 30.1. The van der Waals surface area contributed by atoms with Crippen molar-refractivity contribution in [2.45, 2.75) is 38.3 Å². The van der Waals surface area contributed by atoms with Crippen LogP contribution in [-0.4, -0.2) is 40.1 Å². The third-order valence-corrected chi connectivity index (χ3v) is 7.80. The Kier molecular flexibility index (Phi) is 3.93. The van der Waals surface area contributed by atoms with Crippen molar-refractivity contribution < 1.29 is 19.3 Å². The summed E-state index contributed by atoms with van der Waals surface area (Å²) in [6.45, 7) is 4.18. The Morgan fingerprint density at radius 1 is 1.09 bits per heavy atom. The molecule has 2 aromatic carbocycles. The lowest BCUT2D eigenvalue weighted by Gasteiger charge is -2.36. The minimum atomic E-state index is -1.24. The highest BCUT2D eigenvalue weighted by atomic mass is 16.6. The topological polar surface area (TPSA) is 113 Å². The molecule has 33 heavy (non-hydrogen) atoms. The molecule has 6 rings (SSSR count). The summed E-state index contributed by atoms with van der Waals surface area (Å²) in [7, 11) is 0. The molecule has 4 unspecified atom stereocenters. The molecular formula is C24H22N4O5. The molecule has 3 fully saturated rings. The van der Waals surface area contributed by atoms with Gasteiger partial charge >= 0.3 is 0 Å². The lowest BCUT2D eigenvalue weighted by molar-refractivity contribution is -0.385. The number of aryl methyl sites for hydroxylation is 2. The van der Waals surface area contributed by atoms with Gasteiger partial charge in [-0.25, -0.2) is 4.90 Å². The van der Waals surface area contributed by atoms with Gasteiger partial charge in [-0.15, -0.1) is 0 Å². The maximum Gasteiger partial charge on any atom is 0.274 e. The average Bonchev–Trinajstić information content (AvgIpc) is 3.47. The van der Waals surface area contributed by atoms with Crippen molar-refractivity contribution in [1.82, 2.24) is 4.90 Å². The number of amides is 3. The van der Waals surface area contributed by atoms with E-state index in [2.05, 4.69) is 10.2 Å². The second-order valence-electron chi connectivity index (χ2n) is 9.42. The fourth-order valence-electron chi connectivity index (χ4n) is 6.50. The number of anilines is 2. The Hall–Kier alpha value is -3.59. The van der Waals surface area contributed by atoms with E-state index in [1.54, 1.807) is 19.1 Å². The monoisotopic (exact) mass is 446 g/mol. The zero-order valence-corrected chi connectivity index (χ0v) is 18.2. The number of nitrogens with one attached hydrogen (secondary N) is 1. The van der Waals surface area contributed by atoms with Gasteiger partial charge in [0.2, 0.25) is 17.7 Å². The summed E-state index contributed by atoms with van der Waals surface area (Å²) in [5.41, 5.74) is 1.60. The molecule has 0 radical (unpaired) electrons. The summed E-state index contributed by atoms with van der Waals surface area (Å²) in [4.78, 5) is 55.3. The molecule has 2 aromatic rings. The number of rotatable bonds is 2. The molecule has 9 heteroatoms.